The zero-order chi connectivity index (χ0) is 25.5. The van der Waals surface area contributed by atoms with Crippen molar-refractivity contribution >= 4 is 23.3 Å². The molecule has 0 aliphatic carbocycles. The van der Waals surface area contributed by atoms with Crippen molar-refractivity contribution in [1.82, 2.24) is 0 Å². The Morgan fingerprint density at radius 2 is 1.28 bits per heavy atom. The molecule has 1 amide bonds. The second-order valence-electron chi connectivity index (χ2n) is 8.19. The highest BCUT2D eigenvalue weighted by Crippen LogP contribution is 2.25. The molecule has 0 aromatic heterocycles. The number of anilines is 1. The lowest BCUT2D eigenvalue weighted by molar-refractivity contribution is 0.0280. The molecule has 1 N–H and O–H groups in total. The Kier molecular flexibility index (Phi) is 7.56. The second-order valence-corrected chi connectivity index (χ2v) is 8.19. The minimum Gasteiger partial charge on any atom is -0.497 e. The molecular weight excluding hydrogens is 454 g/mol. The van der Waals surface area contributed by atoms with Crippen LogP contribution in [0.3, 0.4) is 0 Å². The molecule has 0 bridgehead atoms. The first-order valence-electron chi connectivity index (χ1n) is 11.4. The zero-order valence-electron chi connectivity index (χ0n) is 19.9. The van der Waals surface area contributed by atoms with Crippen LogP contribution in [0, 0.1) is 6.92 Å². The Balaban J connectivity index is 1.49. The second kappa shape index (κ2) is 11.1. The quantitative estimate of drug-likeness (QED) is 0.246. The van der Waals surface area contributed by atoms with Crippen molar-refractivity contribution in [1.29, 1.82) is 0 Å². The predicted molar refractivity (Wildman–Crippen MR) is 137 cm³/mol. The summed E-state index contributed by atoms with van der Waals surface area (Å²) >= 11 is 0. The van der Waals surface area contributed by atoms with Crippen LogP contribution in [-0.2, 0) is 4.74 Å². The van der Waals surface area contributed by atoms with Gasteiger partial charge in [-0.1, -0.05) is 48.0 Å². The van der Waals surface area contributed by atoms with E-state index in [1.54, 1.807) is 92.0 Å². The topological polar surface area (TPSA) is 81.7 Å². The van der Waals surface area contributed by atoms with Crippen LogP contribution in [0.15, 0.2) is 103 Å². The van der Waals surface area contributed by atoms with Crippen molar-refractivity contribution in [2.45, 2.75) is 13.0 Å². The predicted octanol–water partition coefficient (Wildman–Crippen LogP) is 6.04. The van der Waals surface area contributed by atoms with Crippen LogP contribution in [0.2, 0.25) is 0 Å². The van der Waals surface area contributed by atoms with Gasteiger partial charge in [0, 0.05) is 22.4 Å². The van der Waals surface area contributed by atoms with Crippen molar-refractivity contribution in [3.8, 4) is 5.75 Å². The first-order valence-corrected chi connectivity index (χ1v) is 11.4. The minimum atomic E-state index is -1.12. The lowest BCUT2D eigenvalue weighted by atomic mass is 9.99. The van der Waals surface area contributed by atoms with Gasteiger partial charge in [0.2, 0.25) is 5.78 Å². The molecule has 0 heterocycles. The lowest BCUT2D eigenvalue weighted by Crippen LogP contribution is -2.20. The van der Waals surface area contributed by atoms with Gasteiger partial charge in [0.05, 0.1) is 12.7 Å². The molecule has 6 heteroatoms. The SMILES string of the molecule is COc1ccc(C(=O)[C@H](OC(=O)c2ccc(NC(=O)c3ccc(C)cc3)cc2)c2ccccc2)cc1. The third kappa shape index (κ3) is 5.85. The number of amides is 1. The van der Waals surface area contributed by atoms with Crippen LogP contribution >= 0.6 is 0 Å². The summed E-state index contributed by atoms with van der Waals surface area (Å²) in [5.41, 5.74) is 3.35. The molecule has 0 radical (unpaired) electrons. The van der Waals surface area contributed by atoms with Crippen LogP contribution < -0.4 is 10.1 Å². The van der Waals surface area contributed by atoms with Crippen LogP contribution in [0.25, 0.3) is 0 Å². The average molecular weight is 480 g/mol. The fourth-order valence-electron chi connectivity index (χ4n) is 3.58. The number of hydrogen-bond acceptors (Lipinski definition) is 5. The molecule has 1 atom stereocenters. The molecule has 0 unspecified atom stereocenters. The number of Topliss-reactive ketones (excluding diaryl/α,β-unsaturated/α-hetero) is 1. The van der Waals surface area contributed by atoms with Crippen LogP contribution in [0.5, 0.6) is 5.75 Å². The van der Waals surface area contributed by atoms with Crippen molar-refractivity contribution in [2.75, 3.05) is 12.4 Å². The normalized spacial score (nSPS) is 11.3. The fourth-order valence-corrected chi connectivity index (χ4v) is 3.58. The number of benzene rings is 4. The number of ketones is 1. The number of carbonyl (C=O) groups excluding carboxylic acids is 3. The number of esters is 1. The number of nitrogens with one attached hydrogen (secondary N) is 1. The molecule has 0 fully saturated rings. The third-order valence-corrected chi connectivity index (χ3v) is 5.63. The molecule has 4 rings (SSSR count). The van der Waals surface area contributed by atoms with Gasteiger partial charge in [0.1, 0.15) is 5.75 Å². The summed E-state index contributed by atoms with van der Waals surface area (Å²) in [5, 5.41) is 2.80. The molecule has 36 heavy (non-hydrogen) atoms. The van der Waals surface area contributed by atoms with E-state index in [1.807, 2.05) is 25.1 Å². The van der Waals surface area contributed by atoms with E-state index in [1.165, 1.54) is 0 Å². The van der Waals surface area contributed by atoms with E-state index in [4.69, 9.17) is 9.47 Å². The van der Waals surface area contributed by atoms with Gasteiger partial charge in [-0.25, -0.2) is 4.79 Å². The first-order chi connectivity index (χ1) is 17.4. The minimum absolute atomic E-state index is 0.250. The van der Waals surface area contributed by atoms with E-state index < -0.39 is 12.1 Å². The molecular formula is C30H25NO5. The van der Waals surface area contributed by atoms with E-state index in [0.717, 1.165) is 5.56 Å². The van der Waals surface area contributed by atoms with Crippen LogP contribution in [0.4, 0.5) is 5.69 Å². The number of rotatable bonds is 8. The molecule has 0 saturated carbocycles. The summed E-state index contributed by atoms with van der Waals surface area (Å²) in [6.45, 7) is 1.95. The lowest BCUT2D eigenvalue weighted by Gasteiger charge is -2.18. The Morgan fingerprint density at radius 3 is 1.89 bits per heavy atom. The molecule has 0 aliphatic heterocycles. The highest BCUT2D eigenvalue weighted by atomic mass is 16.5. The van der Waals surface area contributed by atoms with Gasteiger partial charge in [-0.3, -0.25) is 9.59 Å². The van der Waals surface area contributed by atoms with Crippen LogP contribution in [-0.4, -0.2) is 24.8 Å². The molecule has 4 aromatic carbocycles. The summed E-state index contributed by atoms with van der Waals surface area (Å²) in [6.07, 6.45) is -1.12. The number of ether oxygens (including phenoxy) is 2. The summed E-state index contributed by atoms with van der Waals surface area (Å²) in [5.74, 6) is -0.629. The summed E-state index contributed by atoms with van der Waals surface area (Å²) in [7, 11) is 1.55. The van der Waals surface area contributed by atoms with Gasteiger partial charge in [0.25, 0.3) is 5.91 Å². The highest BCUT2D eigenvalue weighted by molar-refractivity contribution is 6.05. The molecule has 0 saturated heterocycles. The van der Waals surface area contributed by atoms with Crippen molar-refractivity contribution in [3.05, 3.63) is 131 Å². The van der Waals surface area contributed by atoms with Gasteiger partial charge in [-0.15, -0.1) is 0 Å². The first kappa shape index (κ1) is 24.4. The van der Waals surface area contributed by atoms with E-state index in [2.05, 4.69) is 5.32 Å². The Hall–Kier alpha value is -4.71. The number of carbonyl (C=O) groups is 3. The Morgan fingerprint density at radius 1 is 0.694 bits per heavy atom. The number of methoxy groups -OCH3 is 1. The van der Waals surface area contributed by atoms with Crippen molar-refractivity contribution < 1.29 is 23.9 Å². The van der Waals surface area contributed by atoms with Gasteiger partial charge in [-0.2, -0.15) is 0 Å². The highest BCUT2D eigenvalue weighted by Gasteiger charge is 2.27. The molecule has 0 aliphatic rings. The Bertz CT molecular complexity index is 1350. The largest absolute Gasteiger partial charge is 0.497 e. The fraction of sp³-hybridized carbons (Fsp3) is 0.100. The molecule has 180 valence electrons. The average Bonchev–Trinajstić information content (AvgIpc) is 2.92. The van der Waals surface area contributed by atoms with Crippen LogP contribution in [0.1, 0.15) is 48.3 Å². The summed E-state index contributed by atoms with van der Waals surface area (Å²) in [6, 6.07) is 29.1. The summed E-state index contributed by atoms with van der Waals surface area (Å²) in [4.78, 5) is 38.7. The third-order valence-electron chi connectivity index (χ3n) is 5.63. The van der Waals surface area contributed by atoms with E-state index >= 15 is 0 Å². The number of aryl methyl sites for hydroxylation is 1. The zero-order valence-corrected chi connectivity index (χ0v) is 19.9. The summed E-state index contributed by atoms with van der Waals surface area (Å²) < 4.78 is 10.8. The molecule has 4 aromatic rings. The molecule has 0 spiro atoms. The maximum Gasteiger partial charge on any atom is 0.339 e. The van der Waals surface area contributed by atoms with Crippen molar-refractivity contribution in [3.63, 3.8) is 0 Å². The monoisotopic (exact) mass is 479 g/mol. The number of hydrogen-bond donors (Lipinski definition) is 1. The van der Waals surface area contributed by atoms with E-state index in [0.29, 0.717) is 28.1 Å². The Labute approximate surface area is 209 Å². The van der Waals surface area contributed by atoms with Gasteiger partial charge in [-0.05, 0) is 67.6 Å². The van der Waals surface area contributed by atoms with Gasteiger partial charge >= 0.3 is 5.97 Å². The molecule has 6 nitrogen and oxygen atoms in total. The van der Waals surface area contributed by atoms with E-state index in [9.17, 15) is 14.4 Å². The smallest absolute Gasteiger partial charge is 0.339 e. The maximum atomic E-state index is 13.3. The maximum absolute atomic E-state index is 13.3. The van der Waals surface area contributed by atoms with E-state index in [-0.39, 0.29) is 17.3 Å². The van der Waals surface area contributed by atoms with Gasteiger partial charge < -0.3 is 14.8 Å². The standard InChI is InChI=1S/C30H25NO5/c1-20-8-10-23(11-9-20)29(33)31-25-16-12-24(13-17-25)30(34)36-28(22-6-4-3-5-7-22)27(32)21-14-18-26(35-2)19-15-21/h3-19,28H,1-2H3,(H,31,33)/t28-/m1/s1. The van der Waals surface area contributed by atoms with Gasteiger partial charge in [0.15, 0.2) is 6.10 Å². The van der Waals surface area contributed by atoms with Crippen molar-refractivity contribution in [2.24, 2.45) is 0 Å².